The smallest absolute Gasteiger partial charge is 0.339 e. The van der Waals surface area contributed by atoms with Crippen LogP contribution in [0.25, 0.3) is 98.0 Å². The van der Waals surface area contributed by atoms with Crippen LogP contribution in [0.1, 0.15) is 27.7 Å². The minimum Gasteiger partial charge on any atom is -0.378 e. The summed E-state index contributed by atoms with van der Waals surface area (Å²) in [4.78, 5) is 38.0. The van der Waals surface area contributed by atoms with Crippen LogP contribution in [0.3, 0.4) is 0 Å². The second-order valence-electron chi connectivity index (χ2n) is 12.1. The predicted molar refractivity (Wildman–Crippen MR) is 201 cm³/mol. The molecule has 12 rings (SSSR count). The predicted octanol–water partition coefficient (Wildman–Crippen LogP) is 8.37. The van der Waals surface area contributed by atoms with Crippen LogP contribution in [0.4, 0.5) is 0 Å². The molecule has 0 atom stereocenters. The lowest BCUT2D eigenvalue weighted by Gasteiger charge is -2.25. The summed E-state index contributed by atoms with van der Waals surface area (Å²) in [5.74, 6) is 0.0929. The molecular weight excluding hydrogens is 649 g/mol. The molecular formula is C40H26N4O5S. The van der Waals surface area contributed by atoms with Crippen molar-refractivity contribution in [2.75, 3.05) is 0 Å². The van der Waals surface area contributed by atoms with Crippen molar-refractivity contribution in [3.63, 3.8) is 0 Å². The van der Waals surface area contributed by atoms with Gasteiger partial charge in [0.15, 0.2) is 5.75 Å². The fourth-order valence-electron chi connectivity index (χ4n) is 8.23. The number of benzene rings is 7. The summed E-state index contributed by atoms with van der Waals surface area (Å²) in [5.41, 5.74) is 3.05. The maximum absolute atomic E-state index is 14.2. The van der Waals surface area contributed by atoms with Crippen molar-refractivity contribution in [1.82, 2.24) is 18.8 Å². The highest BCUT2D eigenvalue weighted by Gasteiger charge is 2.35. The van der Waals surface area contributed by atoms with E-state index in [0.29, 0.717) is 76.5 Å². The van der Waals surface area contributed by atoms with Crippen molar-refractivity contribution in [2.45, 2.75) is 32.6 Å². The van der Waals surface area contributed by atoms with E-state index in [4.69, 9.17) is 14.2 Å². The monoisotopic (exact) mass is 674 g/mol. The van der Waals surface area contributed by atoms with Gasteiger partial charge in [-0.25, -0.2) is 9.97 Å². The topological polar surface area (TPSA) is 112 Å². The van der Waals surface area contributed by atoms with Gasteiger partial charge in [-0.3, -0.25) is 18.4 Å². The SMILES string of the molecule is CC.CC.O=c1c2cc3c4c5c(cc6c7c(ccc(c8ccc(c2c84)c2nc4ccccc4n12)c57)c(=O)n1c2ccccc2nc61)S(=O)(=O)O3. The summed E-state index contributed by atoms with van der Waals surface area (Å²) in [6, 6.07) is 25.6. The first-order valence-corrected chi connectivity index (χ1v) is 18.1. The number of nitrogens with zero attached hydrogens (tertiary/aromatic N) is 4. The van der Waals surface area contributed by atoms with Crippen LogP contribution in [-0.4, -0.2) is 27.2 Å². The van der Waals surface area contributed by atoms with E-state index in [9.17, 15) is 18.0 Å². The van der Waals surface area contributed by atoms with Crippen LogP contribution in [0.5, 0.6) is 5.75 Å². The molecule has 4 aromatic heterocycles. The summed E-state index contributed by atoms with van der Waals surface area (Å²) in [6.07, 6.45) is 0. The minimum atomic E-state index is -4.33. The Hall–Kier alpha value is -6.13. The van der Waals surface area contributed by atoms with E-state index in [1.54, 1.807) is 20.9 Å². The van der Waals surface area contributed by atoms with E-state index in [2.05, 4.69) is 0 Å². The molecule has 1 aliphatic heterocycles. The number of para-hydroxylation sites is 4. The Balaban J connectivity index is 0.000000767. The third-order valence-electron chi connectivity index (χ3n) is 9.97. The van der Waals surface area contributed by atoms with Crippen molar-refractivity contribution in [2.24, 2.45) is 0 Å². The Bertz CT molecular complexity index is 3510. The van der Waals surface area contributed by atoms with Gasteiger partial charge in [0.05, 0.1) is 27.5 Å². The van der Waals surface area contributed by atoms with Crippen LogP contribution in [0.2, 0.25) is 0 Å². The zero-order valence-electron chi connectivity index (χ0n) is 27.3. The van der Waals surface area contributed by atoms with Gasteiger partial charge in [-0.2, -0.15) is 8.42 Å². The fraction of sp³-hybridized carbons (Fsp3) is 0.100. The van der Waals surface area contributed by atoms with Gasteiger partial charge in [0.25, 0.3) is 11.1 Å². The normalized spacial score (nSPS) is 13.8. The molecule has 0 saturated carbocycles. The Labute approximate surface area is 282 Å². The standard InChI is InChI=1S/C36H14N4O5S.2C2H6/c41-35-18-12-10-16-15-9-11-17-27-20(36(42)39-23-7-3-1-5-21(23)37-33(17)39)13-25-31(29(15)27)32-26(46(43,44)45-25)14-19(28(18)30(16)32)34-38-22-6-2-4-8-24(22)40(34)35;2*1-2/h1-14H;2*1-2H3. The molecule has 0 unspecified atom stereocenters. The van der Waals surface area contributed by atoms with Gasteiger partial charge >= 0.3 is 10.1 Å². The number of aromatic nitrogens is 4. The molecule has 0 aliphatic carbocycles. The number of hydrogen-bond acceptors (Lipinski definition) is 7. The first-order valence-electron chi connectivity index (χ1n) is 16.7. The molecule has 0 N–H and O–H groups in total. The van der Waals surface area contributed by atoms with E-state index in [1.807, 2.05) is 100 Å². The summed E-state index contributed by atoms with van der Waals surface area (Å²) in [5, 5.41) is 7.58. The summed E-state index contributed by atoms with van der Waals surface area (Å²) < 4.78 is 37.1. The zero-order chi connectivity index (χ0) is 34.4. The lowest BCUT2D eigenvalue weighted by atomic mass is 9.85. The average molecular weight is 675 g/mol. The van der Waals surface area contributed by atoms with E-state index < -0.39 is 10.1 Å². The van der Waals surface area contributed by atoms with Gasteiger partial charge in [0.2, 0.25) is 0 Å². The van der Waals surface area contributed by atoms with Crippen LogP contribution in [-0.2, 0) is 10.1 Å². The van der Waals surface area contributed by atoms with E-state index in [-0.39, 0.29) is 21.8 Å². The molecule has 7 aromatic carbocycles. The number of rotatable bonds is 0. The first-order chi connectivity index (χ1) is 24.4. The van der Waals surface area contributed by atoms with Crippen molar-refractivity contribution in [3.05, 3.63) is 106 Å². The lowest BCUT2D eigenvalue weighted by Crippen LogP contribution is -2.18. The summed E-state index contributed by atoms with van der Waals surface area (Å²) in [7, 11) is -4.33. The first kappa shape index (κ1) is 28.8. The molecule has 0 saturated heterocycles. The van der Waals surface area contributed by atoms with Crippen LogP contribution < -0.4 is 15.3 Å². The molecule has 242 valence electrons. The lowest BCUT2D eigenvalue weighted by molar-refractivity contribution is 0.488. The summed E-state index contributed by atoms with van der Waals surface area (Å²) >= 11 is 0. The molecule has 10 heteroatoms. The molecule has 0 spiro atoms. The molecule has 0 fully saturated rings. The van der Waals surface area contributed by atoms with Crippen molar-refractivity contribution < 1.29 is 12.6 Å². The quantitative estimate of drug-likeness (QED) is 0.0902. The number of pyridine rings is 2. The van der Waals surface area contributed by atoms with Gasteiger partial charge in [-0.05, 0) is 59.3 Å². The van der Waals surface area contributed by atoms with Gasteiger partial charge in [-0.15, -0.1) is 0 Å². The van der Waals surface area contributed by atoms with E-state index in [1.165, 1.54) is 0 Å². The number of imidazole rings is 2. The van der Waals surface area contributed by atoms with Crippen LogP contribution in [0.15, 0.2) is 99.4 Å². The molecule has 50 heavy (non-hydrogen) atoms. The number of fused-ring (bicyclic) bond motifs is 9. The average Bonchev–Trinajstić information content (AvgIpc) is 3.74. The zero-order valence-corrected chi connectivity index (χ0v) is 28.1. The Morgan fingerprint density at radius 1 is 0.520 bits per heavy atom. The highest BCUT2D eigenvalue weighted by atomic mass is 32.2. The molecule has 9 nitrogen and oxygen atoms in total. The van der Waals surface area contributed by atoms with Crippen molar-refractivity contribution in [1.29, 1.82) is 0 Å². The third-order valence-corrected chi connectivity index (χ3v) is 11.2. The van der Waals surface area contributed by atoms with Gasteiger partial charge in [0, 0.05) is 48.5 Å². The van der Waals surface area contributed by atoms with E-state index in [0.717, 1.165) is 21.5 Å². The molecule has 1 aliphatic rings. The largest absolute Gasteiger partial charge is 0.378 e. The van der Waals surface area contributed by atoms with Gasteiger partial charge in [-0.1, -0.05) is 64.1 Å². The molecule has 5 heterocycles. The molecule has 0 bridgehead atoms. The second-order valence-corrected chi connectivity index (χ2v) is 13.6. The van der Waals surface area contributed by atoms with Gasteiger partial charge < -0.3 is 4.18 Å². The molecule has 0 amide bonds. The van der Waals surface area contributed by atoms with Crippen LogP contribution >= 0.6 is 0 Å². The highest BCUT2D eigenvalue weighted by molar-refractivity contribution is 7.87. The summed E-state index contributed by atoms with van der Waals surface area (Å²) in [6.45, 7) is 8.00. The highest BCUT2D eigenvalue weighted by Crippen LogP contribution is 2.53. The second kappa shape index (κ2) is 9.52. The number of hydrogen-bond donors (Lipinski definition) is 0. The minimum absolute atomic E-state index is 0.00887. The third kappa shape index (κ3) is 3.16. The Morgan fingerprint density at radius 3 is 1.66 bits per heavy atom. The Kier molecular flexibility index (Phi) is 5.49. The Morgan fingerprint density at radius 2 is 1.02 bits per heavy atom. The molecule has 0 radical (unpaired) electrons. The van der Waals surface area contributed by atoms with Crippen molar-refractivity contribution in [3.8, 4) is 5.75 Å². The molecule has 11 aromatic rings. The van der Waals surface area contributed by atoms with Crippen LogP contribution in [0, 0.1) is 0 Å². The van der Waals surface area contributed by atoms with Gasteiger partial charge in [0.1, 0.15) is 16.2 Å². The van der Waals surface area contributed by atoms with Crippen molar-refractivity contribution >= 4 is 108 Å². The maximum Gasteiger partial charge on any atom is 0.339 e. The maximum atomic E-state index is 14.2. The fourth-order valence-corrected chi connectivity index (χ4v) is 9.40. The van der Waals surface area contributed by atoms with E-state index >= 15 is 0 Å².